The predicted molar refractivity (Wildman–Crippen MR) is 70.3 cm³/mol. The molecule has 0 saturated heterocycles. The molecule has 2 N–H and O–H groups in total. The molecule has 1 aromatic heterocycles. The van der Waals surface area contributed by atoms with Crippen LogP contribution in [0.4, 0.5) is 0 Å². The number of aromatic nitrogens is 1. The molecule has 7 heteroatoms. The van der Waals surface area contributed by atoms with Crippen molar-refractivity contribution >= 4 is 16.8 Å². The monoisotopic (exact) mass is 259 g/mol. The quantitative estimate of drug-likeness (QED) is 0.391. The molecule has 0 unspecified atom stereocenters. The van der Waals surface area contributed by atoms with E-state index in [1.807, 2.05) is 42.1 Å². The van der Waals surface area contributed by atoms with Crippen LogP contribution in [-0.2, 0) is 18.3 Å². The summed E-state index contributed by atoms with van der Waals surface area (Å²) < 4.78 is 1.94. The van der Waals surface area contributed by atoms with Gasteiger partial charge in [0.25, 0.3) is 0 Å². The van der Waals surface area contributed by atoms with Crippen molar-refractivity contribution in [2.75, 3.05) is 0 Å². The highest BCUT2D eigenvalue weighted by atomic mass is 16.3. The summed E-state index contributed by atoms with van der Waals surface area (Å²) in [6, 6.07) is 6.79. The molecule has 0 aliphatic carbocycles. The second-order valence-corrected chi connectivity index (χ2v) is 4.16. The largest absolute Gasteiger partial charge is 0.350 e. The minimum absolute atomic E-state index is 0.243. The van der Waals surface area contributed by atoms with Gasteiger partial charge in [0, 0.05) is 35.7 Å². The first-order chi connectivity index (χ1) is 9.17. The maximum absolute atomic E-state index is 11.4. The Labute approximate surface area is 109 Å². The van der Waals surface area contributed by atoms with Crippen molar-refractivity contribution in [2.24, 2.45) is 28.4 Å². The summed E-state index contributed by atoms with van der Waals surface area (Å²) in [6.45, 7) is 0. The number of para-hydroxylation sites is 1. The average Bonchev–Trinajstić information content (AvgIpc) is 2.75. The van der Waals surface area contributed by atoms with Gasteiger partial charge in [0.05, 0.1) is 0 Å². The second-order valence-electron chi connectivity index (χ2n) is 4.16. The number of benzene rings is 1. The number of nitrogens with two attached hydrogens (primary N) is 1. The first-order valence-corrected chi connectivity index (χ1v) is 5.67. The lowest BCUT2D eigenvalue weighted by Crippen LogP contribution is -2.19. The first-order valence-electron chi connectivity index (χ1n) is 5.67. The summed E-state index contributed by atoms with van der Waals surface area (Å²) >= 11 is 0. The van der Waals surface area contributed by atoms with Crippen molar-refractivity contribution in [3.8, 4) is 0 Å². The zero-order valence-corrected chi connectivity index (χ0v) is 10.4. The van der Waals surface area contributed by atoms with Gasteiger partial charge in [0.2, 0.25) is 0 Å². The molecule has 1 amide bonds. The molecular weight excluding hydrogens is 246 g/mol. The van der Waals surface area contributed by atoms with Crippen molar-refractivity contribution < 1.29 is 4.79 Å². The van der Waals surface area contributed by atoms with Crippen LogP contribution in [0.25, 0.3) is 10.9 Å². The Kier molecular flexibility index (Phi) is 3.65. The number of rotatable bonds is 4. The van der Waals surface area contributed by atoms with Crippen LogP contribution in [0.15, 0.2) is 46.0 Å². The Hall–Kier alpha value is -2.57. The summed E-state index contributed by atoms with van der Waals surface area (Å²) in [5.41, 5.74) is 1.93. The maximum Gasteiger partial charge on any atom is 0.312 e. The van der Waals surface area contributed by atoms with E-state index < -0.39 is 11.9 Å². The van der Waals surface area contributed by atoms with E-state index in [9.17, 15) is 9.70 Å². The third-order valence-corrected chi connectivity index (χ3v) is 2.97. The van der Waals surface area contributed by atoms with Crippen LogP contribution in [0.2, 0.25) is 0 Å². The van der Waals surface area contributed by atoms with Crippen molar-refractivity contribution in [3.05, 3.63) is 40.9 Å². The molecule has 0 aliphatic rings. The Bertz CT molecular complexity index is 647. The molecular formula is C12H13N5O2. The SMILES string of the molecule is Cn1cc(C[C@@H](N=NN)C(=O)N=O)c2ccccc21. The molecule has 19 heavy (non-hydrogen) atoms. The van der Waals surface area contributed by atoms with Gasteiger partial charge >= 0.3 is 5.91 Å². The second kappa shape index (κ2) is 5.38. The molecule has 0 fully saturated rings. The zero-order valence-electron chi connectivity index (χ0n) is 10.4. The summed E-state index contributed by atoms with van der Waals surface area (Å²) in [6.07, 6.45) is 2.13. The molecule has 7 nitrogen and oxygen atoms in total. The number of nitroso groups, excluding NO2 is 1. The summed E-state index contributed by atoms with van der Waals surface area (Å²) in [4.78, 5) is 21.7. The van der Waals surface area contributed by atoms with Crippen LogP contribution in [-0.4, -0.2) is 16.5 Å². The Morgan fingerprint density at radius 2 is 2.16 bits per heavy atom. The number of nitrogens with zero attached hydrogens (tertiary/aromatic N) is 4. The van der Waals surface area contributed by atoms with Crippen LogP contribution < -0.4 is 5.84 Å². The van der Waals surface area contributed by atoms with Gasteiger partial charge in [-0.25, -0.2) is 0 Å². The van der Waals surface area contributed by atoms with Crippen LogP contribution in [0, 0.1) is 4.91 Å². The number of hydrogen-bond acceptors (Lipinski definition) is 4. The van der Waals surface area contributed by atoms with Gasteiger partial charge in [-0.15, -0.1) is 4.91 Å². The number of carbonyl (C=O) groups excluding carboxylic acids is 1. The van der Waals surface area contributed by atoms with E-state index in [0.29, 0.717) is 0 Å². The Balaban J connectivity index is 2.39. The summed E-state index contributed by atoms with van der Waals surface area (Å²) in [5, 5.41) is 10.0. The van der Waals surface area contributed by atoms with Gasteiger partial charge in [-0.2, -0.15) is 5.11 Å². The fraction of sp³-hybridized carbons (Fsp3) is 0.250. The van der Waals surface area contributed by atoms with E-state index in [2.05, 4.69) is 15.5 Å². The minimum atomic E-state index is -0.965. The van der Waals surface area contributed by atoms with Crippen molar-refractivity contribution in [1.29, 1.82) is 0 Å². The average molecular weight is 259 g/mol. The zero-order chi connectivity index (χ0) is 13.8. The summed E-state index contributed by atoms with van der Waals surface area (Å²) in [7, 11) is 1.91. The van der Waals surface area contributed by atoms with E-state index >= 15 is 0 Å². The first kappa shape index (κ1) is 12.9. The topological polar surface area (TPSA) is 102 Å². The van der Waals surface area contributed by atoms with E-state index in [-0.39, 0.29) is 6.42 Å². The number of hydrogen-bond donors (Lipinski definition) is 1. The van der Waals surface area contributed by atoms with Crippen LogP contribution in [0.1, 0.15) is 5.56 Å². The fourth-order valence-corrected chi connectivity index (χ4v) is 2.12. The highest BCUT2D eigenvalue weighted by molar-refractivity contribution is 5.86. The highest BCUT2D eigenvalue weighted by Gasteiger charge is 2.21. The lowest BCUT2D eigenvalue weighted by molar-refractivity contribution is -0.119. The molecule has 0 saturated carbocycles. The fourth-order valence-electron chi connectivity index (χ4n) is 2.12. The summed E-state index contributed by atoms with van der Waals surface area (Å²) in [5.74, 6) is 4.08. The third-order valence-electron chi connectivity index (χ3n) is 2.97. The van der Waals surface area contributed by atoms with E-state index in [0.717, 1.165) is 16.5 Å². The number of amides is 1. The van der Waals surface area contributed by atoms with E-state index in [4.69, 9.17) is 5.84 Å². The van der Waals surface area contributed by atoms with E-state index in [1.54, 1.807) is 0 Å². The molecule has 2 aromatic rings. The molecule has 0 bridgehead atoms. The van der Waals surface area contributed by atoms with Crippen LogP contribution >= 0.6 is 0 Å². The molecule has 0 radical (unpaired) electrons. The lowest BCUT2D eigenvalue weighted by Gasteiger charge is -2.03. The Morgan fingerprint density at radius 3 is 2.84 bits per heavy atom. The normalized spacial score (nSPS) is 12.9. The molecule has 0 spiro atoms. The molecule has 1 heterocycles. The van der Waals surface area contributed by atoms with Crippen LogP contribution in [0.5, 0.6) is 0 Å². The third kappa shape index (κ3) is 2.49. The van der Waals surface area contributed by atoms with Gasteiger partial charge in [0.1, 0.15) is 0 Å². The standard InChI is InChI=1S/C12H13N5O2/c1-17-7-8(9-4-2-3-5-11(9)17)6-10(14-16-13)12(18)15-19/h2-5,7,10H,6H2,1H3,(H2,13,14)/t10-/m1/s1. The predicted octanol–water partition coefficient (Wildman–Crippen LogP) is 1.71. The minimum Gasteiger partial charge on any atom is -0.350 e. The number of carbonyl (C=O) groups is 1. The molecule has 98 valence electrons. The Morgan fingerprint density at radius 1 is 1.42 bits per heavy atom. The van der Waals surface area contributed by atoms with Crippen LogP contribution in [0.3, 0.4) is 0 Å². The van der Waals surface area contributed by atoms with Gasteiger partial charge in [-0.1, -0.05) is 23.4 Å². The van der Waals surface area contributed by atoms with Gasteiger partial charge in [-0.05, 0) is 11.6 Å². The molecule has 0 aliphatic heterocycles. The number of aryl methyl sites for hydroxylation is 1. The van der Waals surface area contributed by atoms with Crippen molar-refractivity contribution in [2.45, 2.75) is 12.5 Å². The number of fused-ring (bicyclic) bond motifs is 1. The maximum atomic E-state index is 11.4. The lowest BCUT2D eigenvalue weighted by atomic mass is 10.1. The smallest absolute Gasteiger partial charge is 0.312 e. The molecule has 1 atom stereocenters. The van der Waals surface area contributed by atoms with Crippen molar-refractivity contribution in [1.82, 2.24) is 4.57 Å². The van der Waals surface area contributed by atoms with Crippen molar-refractivity contribution in [3.63, 3.8) is 0 Å². The van der Waals surface area contributed by atoms with Gasteiger partial charge in [0.15, 0.2) is 6.04 Å². The molecule has 1 aromatic carbocycles. The highest BCUT2D eigenvalue weighted by Crippen LogP contribution is 2.22. The van der Waals surface area contributed by atoms with Gasteiger partial charge in [-0.3, -0.25) is 4.79 Å². The van der Waals surface area contributed by atoms with Gasteiger partial charge < -0.3 is 10.4 Å². The van der Waals surface area contributed by atoms with E-state index in [1.165, 1.54) is 0 Å². The molecule has 2 rings (SSSR count).